The number of rotatable bonds is 1. The Morgan fingerprint density at radius 3 is 1.73 bits per heavy atom. The fraction of sp³-hybridized carbons (Fsp3) is 0.143. The van der Waals surface area contributed by atoms with E-state index >= 15 is 0 Å². The van der Waals surface area contributed by atoms with Gasteiger partial charge in [0.15, 0.2) is 0 Å². The normalized spacial score (nSPS) is 12.3. The summed E-state index contributed by atoms with van der Waals surface area (Å²) in [5.74, 6) is 0. The Hall–Kier alpha value is -2.38. The van der Waals surface area contributed by atoms with Gasteiger partial charge in [-0.3, -0.25) is 4.48 Å². The first-order chi connectivity index (χ1) is 10.5. The largest absolute Gasteiger partial charge is 0.298 e. The van der Waals surface area contributed by atoms with E-state index in [1.807, 2.05) is 0 Å². The first kappa shape index (κ1) is 13.3. The predicted molar refractivity (Wildman–Crippen MR) is 98.5 cm³/mol. The van der Waals surface area contributed by atoms with Crippen molar-refractivity contribution in [2.75, 3.05) is 21.1 Å². The van der Waals surface area contributed by atoms with E-state index in [-0.39, 0.29) is 0 Å². The predicted octanol–water partition coefficient (Wildman–Crippen LogP) is 5.34. The molecule has 0 atom stereocenters. The molecule has 4 aromatic rings. The maximum Gasteiger partial charge on any atom is 0.140 e. The van der Waals surface area contributed by atoms with Gasteiger partial charge in [-0.1, -0.05) is 36.4 Å². The van der Waals surface area contributed by atoms with Gasteiger partial charge in [-0.05, 0) is 57.3 Å². The molecule has 1 nitrogen and oxygen atoms in total. The van der Waals surface area contributed by atoms with E-state index in [2.05, 4.69) is 87.9 Å². The molecule has 0 aliphatic carbocycles. The van der Waals surface area contributed by atoms with Crippen molar-refractivity contribution in [2.24, 2.45) is 0 Å². The van der Waals surface area contributed by atoms with Crippen LogP contribution in [0.15, 0.2) is 66.7 Å². The van der Waals surface area contributed by atoms with Crippen LogP contribution in [0.25, 0.3) is 32.3 Å². The molecule has 0 bridgehead atoms. The Balaban J connectivity index is 2.13. The molecule has 0 saturated heterocycles. The minimum absolute atomic E-state index is 0.830. The van der Waals surface area contributed by atoms with Crippen molar-refractivity contribution in [3.63, 3.8) is 0 Å². The van der Waals surface area contributed by atoms with Gasteiger partial charge >= 0.3 is 0 Å². The topological polar surface area (TPSA) is 0 Å². The van der Waals surface area contributed by atoms with E-state index in [0.29, 0.717) is 0 Å². The summed E-state index contributed by atoms with van der Waals surface area (Å²) in [5, 5.41) is 7.89. The maximum absolute atomic E-state index is 2.34. The second-order valence-electron chi connectivity index (χ2n) is 6.91. The van der Waals surface area contributed by atoms with E-state index in [4.69, 9.17) is 0 Å². The molecule has 4 rings (SSSR count). The number of quaternary nitrogens is 1. The molecule has 0 saturated carbocycles. The average Bonchev–Trinajstić information content (AvgIpc) is 2.49. The van der Waals surface area contributed by atoms with E-state index in [1.54, 1.807) is 0 Å². The third kappa shape index (κ3) is 2.06. The monoisotopic (exact) mass is 286 g/mol. The Labute approximate surface area is 131 Å². The number of fused-ring (bicyclic) bond motifs is 3. The second kappa shape index (κ2) is 4.56. The molecule has 0 aliphatic rings. The quantitative estimate of drug-likeness (QED) is 0.327. The highest BCUT2D eigenvalue weighted by Crippen LogP contribution is 2.33. The lowest BCUT2D eigenvalue weighted by atomic mass is 9.98. The molecule has 108 valence electrons. The summed E-state index contributed by atoms with van der Waals surface area (Å²) < 4.78 is 0.830. The van der Waals surface area contributed by atoms with Crippen LogP contribution in [0, 0.1) is 0 Å². The van der Waals surface area contributed by atoms with Crippen molar-refractivity contribution in [3.8, 4) is 0 Å². The van der Waals surface area contributed by atoms with Crippen molar-refractivity contribution in [1.82, 2.24) is 4.48 Å². The van der Waals surface area contributed by atoms with Gasteiger partial charge in [-0.15, -0.1) is 0 Å². The molecular weight excluding hydrogens is 266 g/mol. The van der Waals surface area contributed by atoms with Gasteiger partial charge in [0.05, 0.1) is 21.1 Å². The van der Waals surface area contributed by atoms with E-state index in [1.165, 1.54) is 38.0 Å². The molecule has 0 aliphatic heterocycles. The van der Waals surface area contributed by atoms with Crippen molar-refractivity contribution in [2.45, 2.75) is 0 Å². The number of benzene rings is 4. The summed E-state index contributed by atoms with van der Waals surface area (Å²) in [6.45, 7) is 0. The lowest BCUT2D eigenvalue weighted by molar-refractivity contribution is 0.490. The van der Waals surface area contributed by atoms with E-state index < -0.39 is 0 Å². The van der Waals surface area contributed by atoms with Crippen LogP contribution in [-0.4, -0.2) is 21.1 Å². The van der Waals surface area contributed by atoms with Gasteiger partial charge < -0.3 is 0 Å². The average molecular weight is 286 g/mol. The smallest absolute Gasteiger partial charge is 0.140 e. The molecular formula is C21H20N+. The van der Waals surface area contributed by atoms with E-state index in [9.17, 15) is 0 Å². The zero-order valence-electron chi connectivity index (χ0n) is 13.3. The molecule has 0 aromatic heterocycles. The molecule has 4 aromatic carbocycles. The first-order valence-electron chi connectivity index (χ1n) is 7.70. The molecule has 0 heterocycles. The van der Waals surface area contributed by atoms with Crippen LogP contribution in [0.2, 0.25) is 0 Å². The van der Waals surface area contributed by atoms with Crippen LogP contribution in [0.1, 0.15) is 0 Å². The lowest BCUT2D eigenvalue weighted by Gasteiger charge is -2.25. The van der Waals surface area contributed by atoms with Crippen molar-refractivity contribution < 1.29 is 0 Å². The summed E-state index contributed by atoms with van der Waals surface area (Å²) in [5.41, 5.74) is 1.35. The molecule has 22 heavy (non-hydrogen) atoms. The molecule has 0 fully saturated rings. The van der Waals surface area contributed by atoms with Crippen molar-refractivity contribution >= 4 is 38.0 Å². The minimum atomic E-state index is 0.830. The van der Waals surface area contributed by atoms with Crippen LogP contribution in [-0.2, 0) is 0 Å². The second-order valence-corrected chi connectivity index (χ2v) is 6.91. The minimum Gasteiger partial charge on any atom is -0.298 e. The third-order valence-electron chi connectivity index (χ3n) is 4.40. The molecule has 0 N–H and O–H groups in total. The lowest BCUT2D eigenvalue weighted by Crippen LogP contribution is -2.34. The Morgan fingerprint density at radius 1 is 0.545 bits per heavy atom. The summed E-state index contributed by atoms with van der Waals surface area (Å²) in [6.07, 6.45) is 0. The SMILES string of the molecule is C[N+](C)(C)c1cccc2cc3cc4ccccc4cc3cc12. The molecule has 0 radical (unpaired) electrons. The molecule has 1 heteroatoms. The fourth-order valence-corrected chi connectivity index (χ4v) is 3.29. The van der Waals surface area contributed by atoms with Crippen molar-refractivity contribution in [1.29, 1.82) is 0 Å². The third-order valence-corrected chi connectivity index (χ3v) is 4.40. The van der Waals surface area contributed by atoms with Gasteiger partial charge in [-0.25, -0.2) is 0 Å². The van der Waals surface area contributed by atoms with Crippen molar-refractivity contribution in [3.05, 3.63) is 66.7 Å². The maximum atomic E-state index is 2.34. The van der Waals surface area contributed by atoms with E-state index in [0.717, 1.165) is 4.48 Å². The van der Waals surface area contributed by atoms with Crippen LogP contribution in [0.4, 0.5) is 5.69 Å². The van der Waals surface area contributed by atoms with Gasteiger partial charge in [0.2, 0.25) is 0 Å². The summed E-state index contributed by atoms with van der Waals surface area (Å²) >= 11 is 0. The highest BCUT2D eigenvalue weighted by atomic mass is 15.3. The van der Waals surface area contributed by atoms with Crippen LogP contribution in [0.5, 0.6) is 0 Å². The summed E-state index contributed by atoms with van der Waals surface area (Å²) in [7, 11) is 6.66. The molecule has 0 spiro atoms. The van der Waals surface area contributed by atoms with Crippen LogP contribution < -0.4 is 4.48 Å². The highest BCUT2D eigenvalue weighted by Gasteiger charge is 2.16. The van der Waals surface area contributed by atoms with Crippen LogP contribution >= 0.6 is 0 Å². The standard InChI is InChI=1S/C21H20N/c1-22(2,3)21-10-6-9-17-13-18-11-15-7-4-5-8-16(15)12-19(18)14-20(17)21/h4-14H,1-3H3/q+1. The number of nitrogens with zero attached hydrogens (tertiary/aromatic N) is 1. The zero-order chi connectivity index (χ0) is 15.3. The molecule has 0 unspecified atom stereocenters. The number of hydrogen-bond acceptors (Lipinski definition) is 0. The highest BCUT2D eigenvalue weighted by molar-refractivity contribution is 6.07. The van der Waals surface area contributed by atoms with Gasteiger partial charge in [0, 0.05) is 5.39 Å². The molecule has 0 amide bonds. The van der Waals surface area contributed by atoms with Gasteiger partial charge in [0.1, 0.15) is 5.69 Å². The summed E-state index contributed by atoms with van der Waals surface area (Å²) in [6, 6.07) is 24.4. The Bertz CT molecular complexity index is 1010. The fourth-order valence-electron chi connectivity index (χ4n) is 3.29. The summed E-state index contributed by atoms with van der Waals surface area (Å²) in [4.78, 5) is 0. The zero-order valence-corrected chi connectivity index (χ0v) is 13.3. The number of hydrogen-bond donors (Lipinski definition) is 0. The Kier molecular flexibility index (Phi) is 2.75. The van der Waals surface area contributed by atoms with Crippen LogP contribution in [0.3, 0.4) is 0 Å². The van der Waals surface area contributed by atoms with Gasteiger partial charge in [-0.2, -0.15) is 0 Å². The Morgan fingerprint density at radius 2 is 1.09 bits per heavy atom. The van der Waals surface area contributed by atoms with Gasteiger partial charge in [0.25, 0.3) is 0 Å². The first-order valence-corrected chi connectivity index (χ1v) is 7.70.